The lowest BCUT2D eigenvalue weighted by Gasteiger charge is -2.33. The zero-order valence-corrected chi connectivity index (χ0v) is 13.7. The van der Waals surface area contributed by atoms with E-state index in [4.69, 9.17) is 4.74 Å². The predicted octanol–water partition coefficient (Wildman–Crippen LogP) is 3.14. The van der Waals surface area contributed by atoms with Crippen molar-refractivity contribution in [3.8, 4) is 0 Å². The topological polar surface area (TPSA) is 56.2 Å². The van der Waals surface area contributed by atoms with Crippen LogP contribution in [0.25, 0.3) is 0 Å². The molecule has 23 heavy (non-hydrogen) atoms. The van der Waals surface area contributed by atoms with Crippen LogP contribution in [0.2, 0.25) is 0 Å². The van der Waals surface area contributed by atoms with E-state index in [1.807, 2.05) is 13.8 Å². The van der Waals surface area contributed by atoms with Gasteiger partial charge in [-0.3, -0.25) is 9.48 Å². The summed E-state index contributed by atoms with van der Waals surface area (Å²) in [6.45, 7) is 5.85. The van der Waals surface area contributed by atoms with E-state index < -0.39 is 11.9 Å². The molecule has 0 spiro atoms. The van der Waals surface area contributed by atoms with Crippen molar-refractivity contribution in [2.24, 2.45) is 18.9 Å². The number of ether oxygens (including phenoxy) is 1. The van der Waals surface area contributed by atoms with Crippen molar-refractivity contribution < 1.29 is 22.7 Å². The Morgan fingerprint density at radius 1 is 1.43 bits per heavy atom. The molecule has 0 aliphatic carbocycles. The highest BCUT2D eigenvalue weighted by Gasteiger charge is 2.39. The van der Waals surface area contributed by atoms with E-state index in [1.165, 1.54) is 14.0 Å². The fraction of sp³-hybridized carbons (Fsp3) is 0.733. The van der Waals surface area contributed by atoms with Crippen molar-refractivity contribution in [2.45, 2.75) is 45.9 Å². The largest absolute Gasteiger partial charge is 0.435 e. The van der Waals surface area contributed by atoms with Gasteiger partial charge in [-0.05, 0) is 25.7 Å². The molecule has 1 aliphatic heterocycles. The quantitative estimate of drug-likeness (QED) is 0.924. The lowest BCUT2D eigenvalue weighted by molar-refractivity contribution is -0.142. The van der Waals surface area contributed by atoms with Gasteiger partial charge in [0, 0.05) is 19.2 Å². The van der Waals surface area contributed by atoms with Gasteiger partial charge in [-0.2, -0.15) is 18.3 Å². The monoisotopic (exact) mass is 333 g/mol. The molecule has 1 N–H and O–H groups in total. The molecule has 1 aliphatic rings. The lowest BCUT2D eigenvalue weighted by Crippen LogP contribution is -2.41. The van der Waals surface area contributed by atoms with Gasteiger partial charge in [0.15, 0.2) is 5.69 Å². The summed E-state index contributed by atoms with van der Waals surface area (Å²) in [6.07, 6.45) is -3.34. The second kappa shape index (κ2) is 6.51. The van der Waals surface area contributed by atoms with Crippen LogP contribution in [0.1, 0.15) is 37.9 Å². The molecule has 2 rings (SSSR count). The Morgan fingerprint density at radius 3 is 2.61 bits per heavy atom. The summed E-state index contributed by atoms with van der Waals surface area (Å²) >= 11 is 0. The van der Waals surface area contributed by atoms with Crippen LogP contribution in [0, 0.1) is 18.8 Å². The maximum atomic E-state index is 12.9. The molecule has 1 amide bonds. The average molecular weight is 333 g/mol. The summed E-state index contributed by atoms with van der Waals surface area (Å²) in [4.78, 5) is 12.5. The molecule has 0 saturated carbocycles. The van der Waals surface area contributed by atoms with Gasteiger partial charge in [-0.15, -0.1) is 0 Å². The summed E-state index contributed by atoms with van der Waals surface area (Å²) in [5, 5.41) is 6.09. The van der Waals surface area contributed by atoms with Gasteiger partial charge < -0.3 is 10.1 Å². The van der Waals surface area contributed by atoms with Crippen LogP contribution < -0.4 is 5.32 Å². The summed E-state index contributed by atoms with van der Waals surface area (Å²) in [5.74, 6) is -0.449. The molecule has 2 heterocycles. The van der Waals surface area contributed by atoms with Gasteiger partial charge in [-0.1, -0.05) is 13.8 Å². The third-order valence-electron chi connectivity index (χ3n) is 4.15. The van der Waals surface area contributed by atoms with Crippen LogP contribution in [0.5, 0.6) is 0 Å². The Balaban J connectivity index is 2.22. The van der Waals surface area contributed by atoms with E-state index in [1.54, 1.807) is 0 Å². The van der Waals surface area contributed by atoms with Crippen LogP contribution in [0.4, 0.5) is 19.0 Å². The number of nitrogens with one attached hydrogen (secondary N) is 1. The number of hydrogen-bond acceptors (Lipinski definition) is 3. The first-order valence-electron chi connectivity index (χ1n) is 7.66. The smallest absolute Gasteiger partial charge is 0.377 e. The van der Waals surface area contributed by atoms with Crippen molar-refractivity contribution in [3.63, 3.8) is 0 Å². The van der Waals surface area contributed by atoms with E-state index >= 15 is 0 Å². The number of carbonyl (C=O) groups excluding carboxylic acids is 1. The van der Waals surface area contributed by atoms with Gasteiger partial charge in [0.2, 0.25) is 5.91 Å². The van der Waals surface area contributed by atoms with E-state index in [-0.39, 0.29) is 35.2 Å². The molecule has 0 bridgehead atoms. The van der Waals surface area contributed by atoms with Crippen LogP contribution >= 0.6 is 0 Å². The molecule has 0 radical (unpaired) electrons. The van der Waals surface area contributed by atoms with Gasteiger partial charge in [-0.25, -0.2) is 0 Å². The minimum atomic E-state index is -4.54. The number of aryl methyl sites for hydroxylation is 1. The molecule has 1 aromatic heterocycles. The van der Waals surface area contributed by atoms with E-state index in [2.05, 4.69) is 10.4 Å². The number of carbonyl (C=O) groups is 1. The molecular weight excluding hydrogens is 311 g/mol. The van der Waals surface area contributed by atoms with Crippen molar-refractivity contribution in [1.29, 1.82) is 0 Å². The van der Waals surface area contributed by atoms with Gasteiger partial charge in [0.25, 0.3) is 0 Å². The standard InChI is InChI=1S/C15H22F3N3O2/c1-8(2)11-10(6-5-7-23-11)14(22)19-13-9(3)12(15(16,17)18)20-21(13)4/h8,10-11H,5-7H2,1-4H3,(H,19,22)/t10-,11-/m1/s1. The Kier molecular flexibility index (Phi) is 5.03. The Labute approximate surface area is 133 Å². The summed E-state index contributed by atoms with van der Waals surface area (Å²) < 4.78 is 45.4. The Bertz CT molecular complexity index is 581. The molecule has 1 fully saturated rings. The fourth-order valence-corrected chi connectivity index (χ4v) is 3.02. The minimum Gasteiger partial charge on any atom is -0.377 e. The number of nitrogens with zero attached hydrogens (tertiary/aromatic N) is 2. The number of aromatic nitrogens is 2. The SMILES string of the molecule is Cc1c(C(F)(F)F)nn(C)c1NC(=O)[C@@H]1CCCO[C@@H]1C(C)C. The summed E-state index contributed by atoms with van der Waals surface area (Å²) in [7, 11) is 1.38. The first kappa shape index (κ1) is 17.8. The van der Waals surface area contributed by atoms with Crippen molar-refractivity contribution in [2.75, 3.05) is 11.9 Å². The number of halogens is 3. The lowest BCUT2D eigenvalue weighted by atomic mass is 9.87. The zero-order chi connectivity index (χ0) is 17.4. The van der Waals surface area contributed by atoms with Gasteiger partial charge in [0.05, 0.1) is 12.0 Å². The first-order chi connectivity index (χ1) is 10.6. The van der Waals surface area contributed by atoms with Crippen molar-refractivity contribution in [1.82, 2.24) is 9.78 Å². The molecule has 0 unspecified atom stereocenters. The van der Waals surface area contributed by atoms with E-state index in [0.717, 1.165) is 11.1 Å². The number of anilines is 1. The van der Waals surface area contributed by atoms with Crippen LogP contribution in [-0.4, -0.2) is 28.4 Å². The highest BCUT2D eigenvalue weighted by atomic mass is 19.4. The first-order valence-corrected chi connectivity index (χ1v) is 7.66. The molecule has 1 saturated heterocycles. The minimum absolute atomic E-state index is 0.0776. The summed E-state index contributed by atoms with van der Waals surface area (Å²) in [6, 6.07) is 0. The van der Waals surface area contributed by atoms with E-state index in [0.29, 0.717) is 13.0 Å². The maximum Gasteiger partial charge on any atom is 0.435 e. The number of alkyl halides is 3. The van der Waals surface area contributed by atoms with Gasteiger partial charge in [0.1, 0.15) is 5.82 Å². The molecule has 0 aromatic carbocycles. The zero-order valence-electron chi connectivity index (χ0n) is 13.7. The molecule has 130 valence electrons. The van der Waals surface area contributed by atoms with Crippen molar-refractivity contribution >= 4 is 11.7 Å². The third kappa shape index (κ3) is 3.68. The molecule has 1 aromatic rings. The van der Waals surface area contributed by atoms with Gasteiger partial charge >= 0.3 is 6.18 Å². The fourth-order valence-electron chi connectivity index (χ4n) is 3.02. The molecule has 8 heteroatoms. The highest BCUT2D eigenvalue weighted by molar-refractivity contribution is 5.93. The van der Waals surface area contributed by atoms with Crippen molar-refractivity contribution in [3.05, 3.63) is 11.3 Å². The van der Waals surface area contributed by atoms with Crippen LogP contribution in [0.15, 0.2) is 0 Å². The van der Waals surface area contributed by atoms with Crippen LogP contribution in [0.3, 0.4) is 0 Å². The average Bonchev–Trinajstić information content (AvgIpc) is 2.75. The molecular formula is C15H22F3N3O2. The number of rotatable bonds is 3. The second-order valence-corrected chi connectivity index (χ2v) is 6.26. The second-order valence-electron chi connectivity index (χ2n) is 6.26. The third-order valence-corrected chi connectivity index (χ3v) is 4.15. The van der Waals surface area contributed by atoms with E-state index in [9.17, 15) is 18.0 Å². The number of hydrogen-bond donors (Lipinski definition) is 1. The predicted molar refractivity (Wildman–Crippen MR) is 78.9 cm³/mol. The normalized spacial score (nSPS) is 22.4. The molecule has 2 atom stereocenters. The highest BCUT2D eigenvalue weighted by Crippen LogP contribution is 2.34. The molecule has 5 nitrogen and oxygen atoms in total. The maximum absolute atomic E-state index is 12.9. The Hall–Kier alpha value is -1.57. The Morgan fingerprint density at radius 2 is 2.09 bits per heavy atom. The van der Waals surface area contributed by atoms with Crippen LogP contribution in [-0.2, 0) is 22.8 Å². The summed E-state index contributed by atoms with van der Waals surface area (Å²) in [5.41, 5.74) is -1.05. The number of amides is 1.